The summed E-state index contributed by atoms with van der Waals surface area (Å²) in [6.45, 7) is 3.08. The molecule has 0 radical (unpaired) electrons. The van der Waals surface area contributed by atoms with Gasteiger partial charge in [-0.2, -0.15) is 0 Å². The van der Waals surface area contributed by atoms with Crippen LogP contribution in [0.4, 0.5) is 0 Å². The van der Waals surface area contributed by atoms with Gasteiger partial charge >= 0.3 is 0 Å². The number of hydrogen-bond acceptors (Lipinski definition) is 5. The van der Waals surface area contributed by atoms with Gasteiger partial charge in [0.2, 0.25) is 0 Å². The van der Waals surface area contributed by atoms with Crippen molar-refractivity contribution in [3.63, 3.8) is 0 Å². The molecule has 2 rings (SSSR count). The maximum Gasteiger partial charge on any atom is 0.140 e. The van der Waals surface area contributed by atoms with Crippen LogP contribution in [0.15, 0.2) is 22.7 Å². The molecule has 1 saturated carbocycles. The third-order valence-electron chi connectivity index (χ3n) is 4.08. The SMILES string of the molecule is CC(CO)(CO)CO.Cc1ccc(Br)c(C2CC(=O)CC(=O)C2)c1. The molecule has 1 aromatic rings. The van der Waals surface area contributed by atoms with E-state index >= 15 is 0 Å². The van der Waals surface area contributed by atoms with Crippen LogP contribution >= 0.6 is 15.9 Å². The first kappa shape index (κ1) is 21.0. The molecule has 5 nitrogen and oxygen atoms in total. The zero-order chi connectivity index (χ0) is 18.3. The summed E-state index contributed by atoms with van der Waals surface area (Å²) in [6, 6.07) is 6.05. The van der Waals surface area contributed by atoms with Crippen LogP contribution in [-0.2, 0) is 9.59 Å². The van der Waals surface area contributed by atoms with Crippen molar-refractivity contribution >= 4 is 27.5 Å². The molecular formula is C18H25BrO5. The van der Waals surface area contributed by atoms with E-state index in [-0.39, 0.29) is 43.7 Å². The number of hydrogen-bond donors (Lipinski definition) is 3. The van der Waals surface area contributed by atoms with Gasteiger partial charge in [-0.1, -0.05) is 40.5 Å². The Bertz CT molecular complexity index is 557. The summed E-state index contributed by atoms with van der Waals surface area (Å²) in [5.41, 5.74) is 1.53. The lowest BCUT2D eigenvalue weighted by atomic mass is 9.82. The summed E-state index contributed by atoms with van der Waals surface area (Å²) in [6.07, 6.45) is 1.11. The van der Waals surface area contributed by atoms with Gasteiger partial charge in [-0.15, -0.1) is 0 Å². The second-order valence-electron chi connectivity index (χ2n) is 6.67. The maximum atomic E-state index is 11.4. The van der Waals surface area contributed by atoms with E-state index in [0.717, 1.165) is 15.6 Å². The fourth-order valence-electron chi connectivity index (χ4n) is 2.33. The molecule has 0 heterocycles. The van der Waals surface area contributed by atoms with E-state index in [2.05, 4.69) is 22.0 Å². The first-order valence-electron chi connectivity index (χ1n) is 7.86. The molecule has 0 aliphatic heterocycles. The minimum atomic E-state index is -0.708. The van der Waals surface area contributed by atoms with E-state index in [1.54, 1.807) is 6.92 Å². The molecule has 6 heteroatoms. The maximum absolute atomic E-state index is 11.4. The Morgan fingerprint density at radius 3 is 2.00 bits per heavy atom. The predicted molar refractivity (Wildman–Crippen MR) is 94.8 cm³/mol. The lowest BCUT2D eigenvalue weighted by molar-refractivity contribution is -0.130. The summed E-state index contributed by atoms with van der Waals surface area (Å²) < 4.78 is 0.991. The normalized spacial score (nSPS) is 15.9. The summed E-state index contributed by atoms with van der Waals surface area (Å²) in [7, 11) is 0. The first-order valence-corrected chi connectivity index (χ1v) is 8.66. The molecule has 0 aromatic heterocycles. The monoisotopic (exact) mass is 400 g/mol. The Hall–Kier alpha value is -1.08. The number of Topliss-reactive ketones (excluding diaryl/α,β-unsaturated/α-hetero) is 2. The Morgan fingerprint density at radius 2 is 1.58 bits per heavy atom. The van der Waals surface area contributed by atoms with Crippen LogP contribution in [0.5, 0.6) is 0 Å². The van der Waals surface area contributed by atoms with Crippen molar-refractivity contribution in [3.8, 4) is 0 Å². The number of ketones is 2. The molecule has 24 heavy (non-hydrogen) atoms. The third kappa shape index (κ3) is 6.09. The first-order chi connectivity index (χ1) is 11.2. The highest BCUT2D eigenvalue weighted by Gasteiger charge is 2.27. The van der Waals surface area contributed by atoms with E-state index in [0.29, 0.717) is 12.8 Å². The Labute approximate surface area is 150 Å². The summed E-state index contributed by atoms with van der Waals surface area (Å²) in [4.78, 5) is 22.8. The molecule has 1 aliphatic rings. The van der Waals surface area contributed by atoms with Crippen LogP contribution in [0.25, 0.3) is 0 Å². The number of carbonyl (C=O) groups is 2. The fraction of sp³-hybridized carbons (Fsp3) is 0.556. The molecule has 3 N–H and O–H groups in total. The van der Waals surface area contributed by atoms with Gasteiger partial charge < -0.3 is 15.3 Å². The molecule has 0 atom stereocenters. The van der Waals surface area contributed by atoms with Crippen LogP contribution in [0, 0.1) is 12.3 Å². The van der Waals surface area contributed by atoms with E-state index in [1.165, 1.54) is 0 Å². The molecule has 1 aromatic carbocycles. The minimum absolute atomic E-state index is 0.0584. The van der Waals surface area contributed by atoms with Gasteiger partial charge in [-0.05, 0) is 24.5 Å². The van der Waals surface area contributed by atoms with Crippen molar-refractivity contribution in [2.75, 3.05) is 19.8 Å². The Kier molecular flexibility index (Phi) is 8.22. The molecule has 0 unspecified atom stereocenters. The van der Waals surface area contributed by atoms with Gasteiger partial charge in [-0.25, -0.2) is 0 Å². The number of aryl methyl sites for hydroxylation is 1. The van der Waals surface area contributed by atoms with Crippen molar-refractivity contribution in [2.24, 2.45) is 5.41 Å². The second kappa shape index (κ2) is 9.42. The van der Waals surface area contributed by atoms with Crippen LogP contribution in [0.2, 0.25) is 0 Å². The van der Waals surface area contributed by atoms with E-state index < -0.39 is 5.41 Å². The molecule has 0 bridgehead atoms. The average molecular weight is 401 g/mol. The second-order valence-corrected chi connectivity index (χ2v) is 7.52. The van der Waals surface area contributed by atoms with Crippen LogP contribution < -0.4 is 0 Å². The number of aliphatic hydroxyl groups is 3. The van der Waals surface area contributed by atoms with Crippen molar-refractivity contribution < 1.29 is 24.9 Å². The van der Waals surface area contributed by atoms with Crippen molar-refractivity contribution in [2.45, 2.75) is 39.0 Å². The molecule has 0 saturated heterocycles. The van der Waals surface area contributed by atoms with Crippen LogP contribution in [0.1, 0.15) is 43.2 Å². The molecule has 1 fully saturated rings. The minimum Gasteiger partial charge on any atom is -0.396 e. The highest BCUT2D eigenvalue weighted by atomic mass is 79.9. The van der Waals surface area contributed by atoms with Crippen molar-refractivity contribution in [3.05, 3.63) is 33.8 Å². The number of aliphatic hydroxyl groups excluding tert-OH is 3. The predicted octanol–water partition coefficient (Wildman–Crippen LogP) is 2.13. The topological polar surface area (TPSA) is 94.8 Å². The summed E-state index contributed by atoms with van der Waals surface area (Å²) >= 11 is 3.48. The van der Waals surface area contributed by atoms with Crippen molar-refractivity contribution in [1.29, 1.82) is 0 Å². The number of halogens is 1. The highest BCUT2D eigenvalue weighted by Crippen LogP contribution is 2.34. The lowest BCUT2D eigenvalue weighted by Gasteiger charge is -2.21. The van der Waals surface area contributed by atoms with E-state index in [9.17, 15) is 9.59 Å². The average Bonchev–Trinajstić information content (AvgIpc) is 2.56. The smallest absolute Gasteiger partial charge is 0.140 e. The van der Waals surface area contributed by atoms with E-state index in [4.69, 9.17) is 15.3 Å². The summed E-state index contributed by atoms with van der Waals surface area (Å²) in [5.74, 6) is 0.187. The van der Waals surface area contributed by atoms with Gasteiger partial charge in [0.15, 0.2) is 0 Å². The number of carbonyl (C=O) groups excluding carboxylic acids is 2. The molecule has 0 amide bonds. The zero-order valence-electron chi connectivity index (χ0n) is 14.1. The summed E-state index contributed by atoms with van der Waals surface area (Å²) in [5, 5.41) is 25.4. The number of benzene rings is 1. The van der Waals surface area contributed by atoms with Gasteiger partial charge in [0.25, 0.3) is 0 Å². The highest BCUT2D eigenvalue weighted by molar-refractivity contribution is 9.10. The number of rotatable bonds is 4. The molecule has 134 valence electrons. The van der Waals surface area contributed by atoms with Gasteiger partial charge in [0.05, 0.1) is 26.2 Å². The molecular weight excluding hydrogens is 376 g/mol. The zero-order valence-corrected chi connectivity index (χ0v) is 15.7. The van der Waals surface area contributed by atoms with Crippen LogP contribution in [0.3, 0.4) is 0 Å². The quantitative estimate of drug-likeness (QED) is 0.672. The third-order valence-corrected chi connectivity index (χ3v) is 4.80. The molecule has 0 spiro atoms. The van der Waals surface area contributed by atoms with Gasteiger partial charge in [0.1, 0.15) is 11.6 Å². The standard InChI is InChI=1S/C13H13BrO2.C5H12O3/c1-8-2-3-13(14)12(4-8)9-5-10(15)7-11(16)6-9;1-5(2-6,3-7)4-8/h2-4,9H,5-7H2,1H3;6-8H,2-4H2,1H3. The Morgan fingerprint density at radius 1 is 1.08 bits per heavy atom. The van der Waals surface area contributed by atoms with Gasteiger partial charge in [0, 0.05) is 22.7 Å². The lowest BCUT2D eigenvalue weighted by Crippen LogP contribution is -2.29. The fourth-order valence-corrected chi connectivity index (χ4v) is 2.90. The van der Waals surface area contributed by atoms with Crippen LogP contribution in [-0.4, -0.2) is 46.7 Å². The van der Waals surface area contributed by atoms with E-state index in [1.807, 2.05) is 19.1 Å². The van der Waals surface area contributed by atoms with Crippen molar-refractivity contribution in [1.82, 2.24) is 0 Å². The largest absolute Gasteiger partial charge is 0.396 e. The molecule has 1 aliphatic carbocycles. The van der Waals surface area contributed by atoms with Gasteiger partial charge in [-0.3, -0.25) is 9.59 Å². The Balaban J connectivity index is 0.000000307.